The zero-order valence-corrected chi connectivity index (χ0v) is 13.4. The van der Waals surface area contributed by atoms with E-state index in [1.165, 1.54) is 18.4 Å². The summed E-state index contributed by atoms with van der Waals surface area (Å²) in [4.78, 5) is 16.9. The van der Waals surface area contributed by atoms with Crippen molar-refractivity contribution in [3.05, 3.63) is 46.6 Å². The second-order valence-corrected chi connectivity index (χ2v) is 6.18. The molecule has 0 atom stereocenters. The summed E-state index contributed by atoms with van der Waals surface area (Å²) in [5, 5.41) is 11.1. The molecular formula is C17H12N2O4S. The highest BCUT2D eigenvalue weighted by Gasteiger charge is 2.20. The van der Waals surface area contributed by atoms with Gasteiger partial charge in [0.25, 0.3) is 0 Å². The van der Waals surface area contributed by atoms with Gasteiger partial charge in [0.05, 0.1) is 28.3 Å². The van der Waals surface area contributed by atoms with Gasteiger partial charge in [-0.2, -0.15) is 0 Å². The van der Waals surface area contributed by atoms with Crippen molar-refractivity contribution in [1.29, 1.82) is 0 Å². The van der Waals surface area contributed by atoms with E-state index in [4.69, 9.17) is 14.9 Å². The van der Waals surface area contributed by atoms with Crippen LogP contribution < -0.4 is 15.9 Å². The second-order valence-electron chi connectivity index (χ2n) is 5.15. The van der Waals surface area contributed by atoms with Crippen LogP contribution in [0.3, 0.4) is 0 Å². The quantitative estimate of drug-likeness (QED) is 0.580. The van der Waals surface area contributed by atoms with Gasteiger partial charge in [0.2, 0.25) is 11.2 Å². The van der Waals surface area contributed by atoms with Crippen LogP contribution in [0, 0.1) is 0 Å². The number of aromatic nitrogens is 1. The molecule has 3 N–H and O–H groups in total. The van der Waals surface area contributed by atoms with Gasteiger partial charge in [-0.25, -0.2) is 4.98 Å². The maximum Gasteiger partial charge on any atom is 0.236 e. The first kappa shape index (κ1) is 14.5. The molecule has 24 heavy (non-hydrogen) atoms. The second kappa shape index (κ2) is 5.24. The van der Waals surface area contributed by atoms with Gasteiger partial charge in [0.15, 0.2) is 10.9 Å². The van der Waals surface area contributed by atoms with Crippen LogP contribution in [0.15, 0.2) is 45.6 Å². The van der Waals surface area contributed by atoms with Crippen molar-refractivity contribution in [2.45, 2.75) is 0 Å². The number of aromatic hydroxyl groups is 1. The number of hydrogen-bond donors (Lipinski definition) is 2. The minimum Gasteiger partial charge on any atom is -0.502 e. The van der Waals surface area contributed by atoms with Gasteiger partial charge in [-0.05, 0) is 24.3 Å². The standard InChI is InChI=1S/C17H12N2O4S/c1-22-10-5-3-2-4-8(10)15-14(21)13(20)12-11(23-15)7-6-9-16(12)24-17(18)19-9/h2-7,21H,1H3,(H2,18,19). The molecule has 0 bridgehead atoms. The summed E-state index contributed by atoms with van der Waals surface area (Å²) in [6.07, 6.45) is 0. The zero-order valence-electron chi connectivity index (χ0n) is 12.6. The molecule has 0 unspecified atom stereocenters. The fourth-order valence-corrected chi connectivity index (χ4v) is 3.55. The number of benzene rings is 2. The fourth-order valence-electron chi connectivity index (χ4n) is 2.69. The van der Waals surface area contributed by atoms with E-state index in [2.05, 4.69) is 4.98 Å². The summed E-state index contributed by atoms with van der Waals surface area (Å²) in [6.45, 7) is 0. The highest BCUT2D eigenvalue weighted by molar-refractivity contribution is 7.23. The fraction of sp³-hybridized carbons (Fsp3) is 0.0588. The monoisotopic (exact) mass is 340 g/mol. The zero-order chi connectivity index (χ0) is 16.8. The van der Waals surface area contributed by atoms with Gasteiger partial charge < -0.3 is 20.0 Å². The number of nitrogens with two attached hydrogens (primary N) is 1. The average Bonchev–Trinajstić information content (AvgIpc) is 2.97. The van der Waals surface area contributed by atoms with Gasteiger partial charge in [0, 0.05) is 0 Å². The van der Waals surface area contributed by atoms with E-state index < -0.39 is 11.2 Å². The summed E-state index contributed by atoms with van der Waals surface area (Å²) in [5.41, 5.74) is 6.66. The van der Waals surface area contributed by atoms with Crippen molar-refractivity contribution >= 4 is 37.7 Å². The SMILES string of the molecule is COc1ccccc1-c1oc2ccc3nc(N)sc3c2c(=O)c1O. The Morgan fingerprint density at radius 2 is 2.04 bits per heavy atom. The minimum atomic E-state index is -0.522. The third-order valence-corrected chi connectivity index (χ3v) is 4.67. The van der Waals surface area contributed by atoms with Crippen LogP contribution in [0.2, 0.25) is 0 Å². The summed E-state index contributed by atoms with van der Waals surface area (Å²) in [7, 11) is 1.51. The van der Waals surface area contributed by atoms with E-state index in [1.807, 2.05) is 0 Å². The Morgan fingerprint density at radius 3 is 2.83 bits per heavy atom. The first-order valence-corrected chi connectivity index (χ1v) is 7.90. The maximum absolute atomic E-state index is 12.7. The normalized spacial score (nSPS) is 11.2. The lowest BCUT2D eigenvalue weighted by Crippen LogP contribution is -2.03. The van der Waals surface area contributed by atoms with Crippen molar-refractivity contribution in [2.75, 3.05) is 12.8 Å². The predicted octanol–water partition coefficient (Wildman–Crippen LogP) is 3.37. The van der Waals surface area contributed by atoms with E-state index in [-0.39, 0.29) is 11.1 Å². The number of hydrogen-bond acceptors (Lipinski definition) is 7. The molecule has 120 valence electrons. The predicted molar refractivity (Wildman–Crippen MR) is 93.7 cm³/mol. The van der Waals surface area contributed by atoms with E-state index in [0.29, 0.717) is 32.2 Å². The Morgan fingerprint density at radius 1 is 1.25 bits per heavy atom. The van der Waals surface area contributed by atoms with E-state index in [1.54, 1.807) is 36.4 Å². The molecule has 0 aliphatic heterocycles. The number of ether oxygens (including phenoxy) is 1. The summed E-state index contributed by atoms with van der Waals surface area (Å²) in [5.74, 6) is 0.103. The number of methoxy groups -OCH3 is 1. The topological polar surface area (TPSA) is 98.6 Å². The van der Waals surface area contributed by atoms with Crippen molar-refractivity contribution in [3.63, 3.8) is 0 Å². The van der Waals surface area contributed by atoms with Gasteiger partial charge in [-0.15, -0.1) is 0 Å². The number of rotatable bonds is 2. The first-order valence-electron chi connectivity index (χ1n) is 7.08. The summed E-state index contributed by atoms with van der Waals surface area (Å²) >= 11 is 1.18. The van der Waals surface area contributed by atoms with Crippen molar-refractivity contribution < 1.29 is 14.3 Å². The van der Waals surface area contributed by atoms with Crippen molar-refractivity contribution in [2.24, 2.45) is 0 Å². The number of nitrogens with zero attached hydrogens (tertiary/aromatic N) is 1. The van der Waals surface area contributed by atoms with Gasteiger partial charge in [0.1, 0.15) is 11.3 Å². The molecule has 7 heteroatoms. The molecule has 0 spiro atoms. The molecule has 0 saturated carbocycles. The van der Waals surface area contributed by atoms with Crippen molar-refractivity contribution in [3.8, 4) is 22.8 Å². The Bertz CT molecular complexity index is 1150. The largest absolute Gasteiger partial charge is 0.502 e. The Hall–Kier alpha value is -3.06. The molecule has 0 amide bonds. The molecule has 4 aromatic rings. The third kappa shape index (κ3) is 2.02. The number of anilines is 1. The highest BCUT2D eigenvalue weighted by atomic mass is 32.1. The lowest BCUT2D eigenvalue weighted by atomic mass is 10.1. The minimum absolute atomic E-state index is 0.0711. The molecule has 6 nitrogen and oxygen atoms in total. The summed E-state index contributed by atoms with van der Waals surface area (Å²) in [6, 6.07) is 10.4. The smallest absolute Gasteiger partial charge is 0.236 e. The molecule has 0 aliphatic rings. The van der Waals surface area contributed by atoms with Crippen LogP contribution in [0.25, 0.3) is 32.5 Å². The molecule has 2 aromatic carbocycles. The van der Waals surface area contributed by atoms with Gasteiger partial charge in [-0.1, -0.05) is 23.5 Å². The molecule has 0 fully saturated rings. The Kier molecular flexibility index (Phi) is 3.17. The summed E-state index contributed by atoms with van der Waals surface area (Å²) < 4.78 is 11.7. The third-order valence-electron chi connectivity index (χ3n) is 3.76. The number of nitrogen functional groups attached to an aromatic ring is 1. The molecular weight excluding hydrogens is 328 g/mol. The Balaban J connectivity index is 2.11. The van der Waals surface area contributed by atoms with E-state index in [0.717, 1.165) is 0 Å². The number of para-hydroxylation sites is 1. The molecule has 0 radical (unpaired) electrons. The van der Waals surface area contributed by atoms with Crippen LogP contribution in [0.1, 0.15) is 0 Å². The lowest BCUT2D eigenvalue weighted by molar-refractivity contribution is 0.411. The van der Waals surface area contributed by atoms with Crippen LogP contribution >= 0.6 is 11.3 Å². The van der Waals surface area contributed by atoms with Crippen LogP contribution in [0.5, 0.6) is 11.5 Å². The molecule has 0 aliphatic carbocycles. The van der Waals surface area contributed by atoms with Crippen LogP contribution in [-0.4, -0.2) is 17.2 Å². The molecule has 0 saturated heterocycles. The average molecular weight is 340 g/mol. The first-order chi connectivity index (χ1) is 11.6. The maximum atomic E-state index is 12.7. The highest BCUT2D eigenvalue weighted by Crippen LogP contribution is 2.38. The lowest BCUT2D eigenvalue weighted by Gasteiger charge is -2.09. The van der Waals surface area contributed by atoms with Gasteiger partial charge in [-0.3, -0.25) is 4.79 Å². The number of fused-ring (bicyclic) bond motifs is 3. The Labute approximate surface area is 139 Å². The van der Waals surface area contributed by atoms with Crippen LogP contribution in [-0.2, 0) is 0 Å². The van der Waals surface area contributed by atoms with E-state index >= 15 is 0 Å². The van der Waals surface area contributed by atoms with Gasteiger partial charge >= 0.3 is 0 Å². The molecule has 2 aromatic heterocycles. The van der Waals surface area contributed by atoms with Crippen LogP contribution in [0.4, 0.5) is 5.13 Å². The molecule has 4 rings (SSSR count). The number of thiazole rings is 1. The molecule has 2 heterocycles. The van der Waals surface area contributed by atoms with E-state index in [9.17, 15) is 9.90 Å². The van der Waals surface area contributed by atoms with Crippen molar-refractivity contribution in [1.82, 2.24) is 4.98 Å².